The lowest BCUT2D eigenvalue weighted by Gasteiger charge is -2.29. The molecule has 0 radical (unpaired) electrons. The van der Waals surface area contributed by atoms with Crippen LogP contribution in [-0.4, -0.2) is 28.2 Å². The first-order chi connectivity index (χ1) is 16.1. The van der Waals surface area contributed by atoms with Gasteiger partial charge in [0.15, 0.2) is 5.13 Å². The van der Waals surface area contributed by atoms with Crippen molar-refractivity contribution < 1.29 is 9.59 Å². The van der Waals surface area contributed by atoms with Crippen LogP contribution in [0.5, 0.6) is 0 Å². The lowest BCUT2D eigenvalue weighted by molar-refractivity contribution is -0.137. The summed E-state index contributed by atoms with van der Waals surface area (Å²) in [6.07, 6.45) is 5.59. The average Bonchev–Trinajstić information content (AvgIpc) is 3.29. The highest BCUT2D eigenvalue weighted by atomic mass is 32.1. The minimum absolute atomic E-state index is 0.0813. The SMILES string of the molecule is Nc1nc(-c2ccc(NC(=O)CCN(Cc3ccccc3)C(=O)C3CCCCC3)cc2)cs1. The van der Waals surface area contributed by atoms with Crippen LogP contribution >= 0.6 is 11.3 Å². The molecule has 6 nitrogen and oxygen atoms in total. The molecule has 0 saturated heterocycles. The number of rotatable bonds is 8. The molecule has 1 aromatic heterocycles. The Kier molecular flexibility index (Phi) is 7.73. The van der Waals surface area contributed by atoms with E-state index in [1.807, 2.05) is 64.9 Å². The summed E-state index contributed by atoms with van der Waals surface area (Å²) >= 11 is 1.40. The summed E-state index contributed by atoms with van der Waals surface area (Å²) in [5, 5.41) is 5.39. The lowest BCUT2D eigenvalue weighted by atomic mass is 9.88. The molecule has 0 aliphatic heterocycles. The topological polar surface area (TPSA) is 88.3 Å². The van der Waals surface area contributed by atoms with Gasteiger partial charge >= 0.3 is 0 Å². The first-order valence-electron chi connectivity index (χ1n) is 11.5. The molecule has 0 atom stereocenters. The lowest BCUT2D eigenvalue weighted by Crippen LogP contribution is -2.38. The van der Waals surface area contributed by atoms with E-state index in [0.29, 0.717) is 18.2 Å². The van der Waals surface area contributed by atoms with E-state index in [0.717, 1.165) is 48.2 Å². The molecule has 3 aromatic rings. The molecule has 2 amide bonds. The van der Waals surface area contributed by atoms with E-state index in [1.165, 1.54) is 17.8 Å². The van der Waals surface area contributed by atoms with Crippen molar-refractivity contribution in [1.82, 2.24) is 9.88 Å². The third-order valence-electron chi connectivity index (χ3n) is 6.08. The molecular formula is C26H30N4O2S. The van der Waals surface area contributed by atoms with Crippen LogP contribution in [0.4, 0.5) is 10.8 Å². The summed E-state index contributed by atoms with van der Waals surface area (Å²) in [5.74, 6) is 0.159. The van der Waals surface area contributed by atoms with Crippen molar-refractivity contribution >= 4 is 34.0 Å². The van der Waals surface area contributed by atoms with Crippen molar-refractivity contribution in [3.05, 3.63) is 65.5 Å². The number of carbonyl (C=O) groups excluding carboxylic acids is 2. The van der Waals surface area contributed by atoms with Crippen LogP contribution in [0.2, 0.25) is 0 Å². The molecule has 172 valence electrons. The van der Waals surface area contributed by atoms with Crippen LogP contribution in [-0.2, 0) is 16.1 Å². The van der Waals surface area contributed by atoms with E-state index in [2.05, 4.69) is 10.3 Å². The highest BCUT2D eigenvalue weighted by molar-refractivity contribution is 7.13. The van der Waals surface area contributed by atoms with Gasteiger partial charge in [-0.25, -0.2) is 4.98 Å². The Balaban J connectivity index is 1.36. The Morgan fingerprint density at radius 1 is 1.03 bits per heavy atom. The van der Waals surface area contributed by atoms with Gasteiger partial charge in [0.2, 0.25) is 11.8 Å². The highest BCUT2D eigenvalue weighted by Gasteiger charge is 2.26. The summed E-state index contributed by atoms with van der Waals surface area (Å²) in [6.45, 7) is 0.946. The van der Waals surface area contributed by atoms with Crippen LogP contribution < -0.4 is 11.1 Å². The van der Waals surface area contributed by atoms with Gasteiger partial charge in [-0.3, -0.25) is 9.59 Å². The zero-order valence-electron chi connectivity index (χ0n) is 18.7. The second kappa shape index (κ2) is 11.1. The zero-order valence-corrected chi connectivity index (χ0v) is 19.5. The number of hydrogen-bond donors (Lipinski definition) is 2. The molecule has 0 unspecified atom stereocenters. The van der Waals surface area contributed by atoms with Gasteiger partial charge in [0, 0.05) is 42.1 Å². The van der Waals surface area contributed by atoms with Crippen LogP contribution in [0.15, 0.2) is 60.0 Å². The van der Waals surface area contributed by atoms with E-state index in [9.17, 15) is 9.59 Å². The van der Waals surface area contributed by atoms with Crippen molar-refractivity contribution in [2.24, 2.45) is 5.92 Å². The molecule has 1 fully saturated rings. The number of benzene rings is 2. The van der Waals surface area contributed by atoms with Crippen molar-refractivity contribution in [3.63, 3.8) is 0 Å². The molecule has 3 N–H and O–H groups in total. The van der Waals surface area contributed by atoms with E-state index >= 15 is 0 Å². The Morgan fingerprint density at radius 2 is 1.76 bits per heavy atom. The van der Waals surface area contributed by atoms with E-state index in [4.69, 9.17) is 5.73 Å². The minimum atomic E-state index is -0.102. The van der Waals surface area contributed by atoms with Gasteiger partial charge in [-0.2, -0.15) is 0 Å². The average molecular weight is 463 g/mol. The first kappa shape index (κ1) is 23.0. The van der Waals surface area contributed by atoms with Gasteiger partial charge in [-0.15, -0.1) is 11.3 Å². The molecule has 4 rings (SSSR count). The molecule has 2 aromatic carbocycles. The smallest absolute Gasteiger partial charge is 0.226 e. The third kappa shape index (κ3) is 6.42. The van der Waals surface area contributed by atoms with Gasteiger partial charge in [0.1, 0.15) is 0 Å². The number of nitrogen functional groups attached to an aromatic ring is 1. The van der Waals surface area contributed by atoms with Crippen LogP contribution in [0.25, 0.3) is 11.3 Å². The quantitative estimate of drug-likeness (QED) is 0.474. The largest absolute Gasteiger partial charge is 0.375 e. The van der Waals surface area contributed by atoms with Crippen LogP contribution in [0.1, 0.15) is 44.1 Å². The van der Waals surface area contributed by atoms with Gasteiger partial charge in [0.25, 0.3) is 0 Å². The molecule has 0 bridgehead atoms. The summed E-state index contributed by atoms with van der Waals surface area (Å²) in [6, 6.07) is 17.5. The minimum Gasteiger partial charge on any atom is -0.375 e. The maximum Gasteiger partial charge on any atom is 0.226 e. The maximum absolute atomic E-state index is 13.2. The summed E-state index contributed by atoms with van der Waals surface area (Å²) in [4.78, 5) is 32.0. The van der Waals surface area contributed by atoms with Gasteiger partial charge in [-0.1, -0.05) is 61.7 Å². The predicted octanol–water partition coefficient (Wildman–Crippen LogP) is 5.33. The first-order valence-corrected chi connectivity index (χ1v) is 12.4. The van der Waals surface area contributed by atoms with Gasteiger partial charge < -0.3 is 16.0 Å². The number of nitrogens with zero attached hydrogens (tertiary/aromatic N) is 2. The van der Waals surface area contributed by atoms with Crippen molar-refractivity contribution in [2.75, 3.05) is 17.6 Å². The number of thiazole rings is 1. The molecule has 1 aliphatic carbocycles. The summed E-state index contributed by atoms with van der Waals surface area (Å²) < 4.78 is 0. The van der Waals surface area contributed by atoms with Crippen LogP contribution in [0.3, 0.4) is 0 Å². The van der Waals surface area contributed by atoms with Gasteiger partial charge in [-0.05, 0) is 30.5 Å². The Labute approximate surface area is 198 Å². The Bertz CT molecular complexity index is 1060. The molecule has 7 heteroatoms. The summed E-state index contributed by atoms with van der Waals surface area (Å²) in [7, 11) is 0. The fourth-order valence-electron chi connectivity index (χ4n) is 4.28. The van der Waals surface area contributed by atoms with Gasteiger partial charge in [0.05, 0.1) is 5.69 Å². The third-order valence-corrected chi connectivity index (χ3v) is 6.75. The van der Waals surface area contributed by atoms with E-state index < -0.39 is 0 Å². The number of amides is 2. The number of nitrogens with one attached hydrogen (secondary N) is 1. The molecule has 1 saturated carbocycles. The Morgan fingerprint density at radius 3 is 2.42 bits per heavy atom. The highest BCUT2D eigenvalue weighted by Crippen LogP contribution is 2.27. The molecule has 1 heterocycles. The van der Waals surface area contributed by atoms with Crippen LogP contribution in [0, 0.1) is 5.92 Å². The molecular weight excluding hydrogens is 432 g/mol. The second-order valence-electron chi connectivity index (χ2n) is 8.53. The summed E-state index contributed by atoms with van der Waals surface area (Å²) in [5.41, 5.74) is 9.29. The standard InChI is InChI=1S/C26H30N4O2S/c27-26-29-23(18-33-26)20-11-13-22(14-12-20)28-24(31)15-16-30(17-19-7-3-1-4-8-19)25(32)21-9-5-2-6-10-21/h1,3-4,7-8,11-14,18,21H,2,5-6,9-10,15-17H2,(H2,27,29)(H,28,31). The van der Waals surface area contributed by atoms with E-state index in [-0.39, 0.29) is 24.2 Å². The fourth-order valence-corrected chi connectivity index (χ4v) is 4.86. The normalized spacial score (nSPS) is 14.1. The van der Waals surface area contributed by atoms with Crippen molar-refractivity contribution in [2.45, 2.75) is 45.1 Å². The number of hydrogen-bond acceptors (Lipinski definition) is 5. The number of carbonyl (C=O) groups is 2. The number of aromatic nitrogens is 1. The number of nitrogens with two attached hydrogens (primary N) is 1. The number of anilines is 2. The predicted molar refractivity (Wildman–Crippen MR) is 134 cm³/mol. The maximum atomic E-state index is 13.2. The fraction of sp³-hybridized carbons (Fsp3) is 0.346. The van der Waals surface area contributed by atoms with E-state index in [1.54, 1.807) is 0 Å². The molecule has 33 heavy (non-hydrogen) atoms. The Hall–Kier alpha value is -3.19. The molecule has 0 spiro atoms. The monoisotopic (exact) mass is 462 g/mol. The van der Waals surface area contributed by atoms with Crippen molar-refractivity contribution in [3.8, 4) is 11.3 Å². The second-order valence-corrected chi connectivity index (χ2v) is 9.42. The molecule has 1 aliphatic rings. The van der Waals surface area contributed by atoms with Crippen molar-refractivity contribution in [1.29, 1.82) is 0 Å². The zero-order chi connectivity index (χ0) is 23.0.